The summed E-state index contributed by atoms with van der Waals surface area (Å²) in [5.41, 5.74) is 2.41. The SMILES string of the molecule is CCOc1cc(OCC)cc(C(=O)Nc2ccc(O)c(-c3nc4ccccc4s3)c2)c1. The van der Waals surface area contributed by atoms with Gasteiger partial charge < -0.3 is 19.9 Å². The van der Waals surface area contributed by atoms with Gasteiger partial charge in [-0.1, -0.05) is 12.1 Å². The summed E-state index contributed by atoms with van der Waals surface area (Å²) >= 11 is 1.49. The second-order valence-corrected chi connectivity index (χ2v) is 7.76. The number of phenolic OH excluding ortho intramolecular Hbond substituents is 1. The number of thiazole rings is 1. The topological polar surface area (TPSA) is 80.7 Å². The smallest absolute Gasteiger partial charge is 0.255 e. The average Bonchev–Trinajstić information content (AvgIpc) is 3.19. The highest BCUT2D eigenvalue weighted by molar-refractivity contribution is 7.21. The molecular formula is C24H22N2O4S. The van der Waals surface area contributed by atoms with Crippen LogP contribution in [0.25, 0.3) is 20.8 Å². The van der Waals surface area contributed by atoms with Crippen LogP contribution in [0.2, 0.25) is 0 Å². The minimum atomic E-state index is -0.302. The summed E-state index contributed by atoms with van der Waals surface area (Å²) in [7, 11) is 0. The summed E-state index contributed by atoms with van der Waals surface area (Å²) in [4.78, 5) is 17.5. The van der Waals surface area contributed by atoms with E-state index in [2.05, 4.69) is 10.3 Å². The van der Waals surface area contributed by atoms with Crippen molar-refractivity contribution in [1.82, 2.24) is 4.98 Å². The molecular weight excluding hydrogens is 412 g/mol. The molecule has 0 aliphatic heterocycles. The van der Waals surface area contributed by atoms with E-state index in [4.69, 9.17) is 9.47 Å². The van der Waals surface area contributed by atoms with Gasteiger partial charge in [0.05, 0.1) is 29.0 Å². The molecule has 1 aromatic heterocycles. The summed E-state index contributed by atoms with van der Waals surface area (Å²) in [6, 6.07) is 17.8. The van der Waals surface area contributed by atoms with E-state index >= 15 is 0 Å². The molecule has 0 saturated carbocycles. The maximum Gasteiger partial charge on any atom is 0.255 e. The molecule has 0 unspecified atom stereocenters. The van der Waals surface area contributed by atoms with Crippen molar-refractivity contribution in [3.63, 3.8) is 0 Å². The van der Waals surface area contributed by atoms with E-state index in [9.17, 15) is 9.90 Å². The fraction of sp³-hybridized carbons (Fsp3) is 0.167. The molecule has 0 radical (unpaired) electrons. The Morgan fingerprint density at radius 2 is 1.71 bits per heavy atom. The number of aromatic hydroxyl groups is 1. The average molecular weight is 435 g/mol. The van der Waals surface area contributed by atoms with Crippen LogP contribution in [0.4, 0.5) is 5.69 Å². The van der Waals surface area contributed by atoms with Gasteiger partial charge in [-0.2, -0.15) is 0 Å². The number of anilines is 1. The zero-order valence-corrected chi connectivity index (χ0v) is 18.0. The van der Waals surface area contributed by atoms with Crippen molar-refractivity contribution in [2.75, 3.05) is 18.5 Å². The van der Waals surface area contributed by atoms with Crippen molar-refractivity contribution in [2.24, 2.45) is 0 Å². The lowest BCUT2D eigenvalue weighted by Gasteiger charge is -2.12. The lowest BCUT2D eigenvalue weighted by atomic mass is 10.1. The molecule has 0 atom stereocenters. The largest absolute Gasteiger partial charge is 0.507 e. The van der Waals surface area contributed by atoms with Gasteiger partial charge in [0.1, 0.15) is 22.3 Å². The summed E-state index contributed by atoms with van der Waals surface area (Å²) in [5, 5.41) is 13.9. The van der Waals surface area contributed by atoms with Crippen LogP contribution < -0.4 is 14.8 Å². The maximum absolute atomic E-state index is 12.9. The number of nitrogens with one attached hydrogen (secondary N) is 1. The number of phenols is 1. The van der Waals surface area contributed by atoms with Crippen molar-refractivity contribution in [3.05, 3.63) is 66.2 Å². The first kappa shape index (κ1) is 20.7. The highest BCUT2D eigenvalue weighted by Gasteiger charge is 2.14. The number of ether oxygens (including phenoxy) is 2. The van der Waals surface area contributed by atoms with E-state index < -0.39 is 0 Å². The van der Waals surface area contributed by atoms with E-state index in [0.717, 1.165) is 10.2 Å². The molecule has 2 N–H and O–H groups in total. The zero-order valence-electron chi connectivity index (χ0n) is 17.2. The minimum Gasteiger partial charge on any atom is -0.507 e. The Balaban J connectivity index is 1.62. The number of benzene rings is 3. The van der Waals surface area contributed by atoms with Crippen LogP contribution in [0.3, 0.4) is 0 Å². The van der Waals surface area contributed by atoms with Crippen LogP contribution in [-0.4, -0.2) is 29.2 Å². The van der Waals surface area contributed by atoms with Gasteiger partial charge >= 0.3 is 0 Å². The van der Waals surface area contributed by atoms with Crippen LogP contribution in [0.15, 0.2) is 60.7 Å². The summed E-state index contributed by atoms with van der Waals surface area (Å²) in [5.74, 6) is 0.941. The standard InChI is InChI=1S/C24H22N2O4S/c1-3-29-17-11-15(12-18(14-17)30-4-2)23(28)25-16-9-10-21(27)19(13-16)24-26-20-7-5-6-8-22(20)31-24/h5-14,27H,3-4H2,1-2H3,(H,25,28). The number of para-hydroxylation sites is 1. The molecule has 158 valence electrons. The highest BCUT2D eigenvalue weighted by Crippen LogP contribution is 2.37. The van der Waals surface area contributed by atoms with Crippen molar-refractivity contribution in [3.8, 4) is 27.8 Å². The maximum atomic E-state index is 12.9. The molecule has 0 bridgehead atoms. The summed E-state index contributed by atoms with van der Waals surface area (Å²) < 4.78 is 12.1. The summed E-state index contributed by atoms with van der Waals surface area (Å²) in [6.45, 7) is 4.74. The first-order valence-corrected chi connectivity index (χ1v) is 10.8. The monoisotopic (exact) mass is 434 g/mol. The third kappa shape index (κ3) is 4.62. The molecule has 4 rings (SSSR count). The molecule has 1 heterocycles. The Morgan fingerprint density at radius 1 is 1.00 bits per heavy atom. The number of rotatable bonds is 7. The van der Waals surface area contributed by atoms with Gasteiger partial charge in [-0.05, 0) is 56.3 Å². The molecule has 1 amide bonds. The van der Waals surface area contributed by atoms with Gasteiger partial charge in [0.25, 0.3) is 5.91 Å². The number of fused-ring (bicyclic) bond motifs is 1. The lowest BCUT2D eigenvalue weighted by molar-refractivity contribution is 0.102. The highest BCUT2D eigenvalue weighted by atomic mass is 32.1. The number of carbonyl (C=O) groups excluding carboxylic acids is 1. The van der Waals surface area contributed by atoms with E-state index in [0.29, 0.717) is 46.5 Å². The Hall–Kier alpha value is -3.58. The van der Waals surface area contributed by atoms with Gasteiger partial charge in [-0.3, -0.25) is 4.79 Å². The predicted molar refractivity (Wildman–Crippen MR) is 123 cm³/mol. The molecule has 3 aromatic carbocycles. The number of nitrogens with zero attached hydrogens (tertiary/aromatic N) is 1. The third-order valence-corrected chi connectivity index (χ3v) is 5.61. The van der Waals surface area contributed by atoms with Gasteiger partial charge in [0.2, 0.25) is 0 Å². The Morgan fingerprint density at radius 3 is 2.39 bits per heavy atom. The normalized spacial score (nSPS) is 10.8. The molecule has 31 heavy (non-hydrogen) atoms. The molecule has 0 spiro atoms. The molecule has 0 fully saturated rings. The molecule has 0 saturated heterocycles. The number of aromatic nitrogens is 1. The van der Waals surface area contributed by atoms with E-state index in [1.165, 1.54) is 11.3 Å². The number of hydrogen-bond acceptors (Lipinski definition) is 6. The van der Waals surface area contributed by atoms with Crippen molar-refractivity contribution < 1.29 is 19.4 Å². The van der Waals surface area contributed by atoms with Crippen molar-refractivity contribution in [1.29, 1.82) is 0 Å². The fourth-order valence-corrected chi connectivity index (χ4v) is 4.17. The number of amides is 1. The van der Waals surface area contributed by atoms with E-state index in [1.54, 1.807) is 36.4 Å². The van der Waals surface area contributed by atoms with Crippen molar-refractivity contribution >= 4 is 33.1 Å². The third-order valence-electron chi connectivity index (χ3n) is 4.54. The first-order chi connectivity index (χ1) is 15.1. The second kappa shape index (κ2) is 9.06. The lowest BCUT2D eigenvalue weighted by Crippen LogP contribution is -2.12. The predicted octanol–water partition coefficient (Wildman–Crippen LogP) is 5.72. The van der Waals surface area contributed by atoms with Gasteiger partial charge in [-0.15, -0.1) is 11.3 Å². The molecule has 0 aliphatic carbocycles. The van der Waals surface area contributed by atoms with Crippen LogP contribution >= 0.6 is 11.3 Å². The van der Waals surface area contributed by atoms with Crippen LogP contribution in [0.5, 0.6) is 17.2 Å². The molecule has 0 aliphatic rings. The van der Waals surface area contributed by atoms with Crippen LogP contribution in [0, 0.1) is 0 Å². The molecule has 4 aromatic rings. The fourth-order valence-electron chi connectivity index (χ4n) is 3.18. The van der Waals surface area contributed by atoms with Gasteiger partial charge in [0.15, 0.2) is 0 Å². The van der Waals surface area contributed by atoms with Crippen LogP contribution in [0.1, 0.15) is 24.2 Å². The molecule has 7 heteroatoms. The second-order valence-electron chi connectivity index (χ2n) is 6.73. The number of carbonyl (C=O) groups is 1. The van der Waals surface area contributed by atoms with E-state index in [-0.39, 0.29) is 11.7 Å². The van der Waals surface area contributed by atoms with Crippen molar-refractivity contribution in [2.45, 2.75) is 13.8 Å². The Labute approximate surface area is 184 Å². The van der Waals surface area contributed by atoms with Gasteiger partial charge in [0, 0.05) is 17.3 Å². The molecule has 6 nitrogen and oxygen atoms in total. The Bertz CT molecular complexity index is 1180. The first-order valence-electron chi connectivity index (χ1n) is 9.98. The van der Waals surface area contributed by atoms with Gasteiger partial charge in [-0.25, -0.2) is 4.98 Å². The van der Waals surface area contributed by atoms with E-state index in [1.807, 2.05) is 38.1 Å². The van der Waals surface area contributed by atoms with Crippen LogP contribution in [-0.2, 0) is 0 Å². The summed E-state index contributed by atoms with van der Waals surface area (Å²) in [6.07, 6.45) is 0. The minimum absolute atomic E-state index is 0.106. The number of hydrogen-bond donors (Lipinski definition) is 2. The quantitative estimate of drug-likeness (QED) is 0.364. The Kier molecular flexibility index (Phi) is 6.04. The zero-order chi connectivity index (χ0) is 21.8.